The van der Waals surface area contributed by atoms with E-state index in [0.29, 0.717) is 0 Å². The molecule has 2 N–H and O–H groups in total. The molecule has 0 aromatic carbocycles. The predicted octanol–water partition coefficient (Wildman–Crippen LogP) is 0.384. The number of amides is 1. The molecule has 0 radical (unpaired) electrons. The Morgan fingerprint density at radius 2 is 1.79 bits per heavy atom. The van der Waals surface area contributed by atoms with E-state index in [9.17, 15) is 14.7 Å². The molecule has 1 saturated heterocycles. The fraction of sp³-hybridized carbons (Fsp3) is 0.846. The average molecular weight is 271 g/mol. The standard InChI is InChI=1S/C13H21NO5/c15-11(9-19-10-3-1-2-4-10)14-7-5-13(18,6-8-14)12(16)17/h10,18H,1-9H2,(H,16,17). The molecule has 108 valence electrons. The number of rotatable bonds is 4. The topological polar surface area (TPSA) is 87.1 Å². The second-order valence-electron chi connectivity index (χ2n) is 5.43. The van der Waals surface area contributed by atoms with Gasteiger partial charge in [0, 0.05) is 25.9 Å². The first-order valence-corrected chi connectivity index (χ1v) is 6.86. The van der Waals surface area contributed by atoms with Crippen LogP contribution in [0.5, 0.6) is 0 Å². The quantitative estimate of drug-likeness (QED) is 0.772. The molecular weight excluding hydrogens is 250 g/mol. The van der Waals surface area contributed by atoms with E-state index in [2.05, 4.69) is 0 Å². The van der Waals surface area contributed by atoms with Crippen LogP contribution in [-0.4, -0.2) is 58.4 Å². The van der Waals surface area contributed by atoms with Gasteiger partial charge in [-0.2, -0.15) is 0 Å². The molecule has 2 rings (SSSR count). The number of carbonyl (C=O) groups excluding carboxylic acids is 1. The number of likely N-dealkylation sites (tertiary alicyclic amines) is 1. The van der Waals surface area contributed by atoms with Crippen molar-refractivity contribution in [1.29, 1.82) is 0 Å². The van der Waals surface area contributed by atoms with E-state index in [4.69, 9.17) is 9.84 Å². The number of ether oxygens (including phenoxy) is 1. The first-order valence-electron chi connectivity index (χ1n) is 6.86. The van der Waals surface area contributed by atoms with Crippen molar-refractivity contribution in [2.24, 2.45) is 0 Å². The maximum atomic E-state index is 11.9. The molecule has 19 heavy (non-hydrogen) atoms. The SMILES string of the molecule is O=C(COC1CCCC1)N1CCC(O)(C(=O)O)CC1. The minimum Gasteiger partial charge on any atom is -0.479 e. The highest BCUT2D eigenvalue weighted by Gasteiger charge is 2.40. The van der Waals surface area contributed by atoms with Crippen molar-refractivity contribution in [2.45, 2.75) is 50.2 Å². The van der Waals surface area contributed by atoms with E-state index in [-0.39, 0.29) is 44.5 Å². The molecule has 1 amide bonds. The molecule has 0 spiro atoms. The van der Waals surface area contributed by atoms with Gasteiger partial charge in [-0.05, 0) is 12.8 Å². The highest BCUT2D eigenvalue weighted by Crippen LogP contribution is 2.23. The fourth-order valence-corrected chi connectivity index (χ4v) is 2.68. The molecule has 1 heterocycles. The van der Waals surface area contributed by atoms with Gasteiger partial charge in [0.2, 0.25) is 5.91 Å². The second-order valence-corrected chi connectivity index (χ2v) is 5.43. The second kappa shape index (κ2) is 5.88. The Hall–Kier alpha value is -1.14. The molecule has 0 unspecified atom stereocenters. The first kappa shape index (κ1) is 14.3. The van der Waals surface area contributed by atoms with Crippen LogP contribution in [0.2, 0.25) is 0 Å². The van der Waals surface area contributed by atoms with Crippen molar-refractivity contribution in [2.75, 3.05) is 19.7 Å². The maximum absolute atomic E-state index is 11.9. The Labute approximate surface area is 112 Å². The maximum Gasteiger partial charge on any atom is 0.335 e. The minimum absolute atomic E-state index is 0.0656. The van der Waals surface area contributed by atoms with Crippen LogP contribution >= 0.6 is 0 Å². The summed E-state index contributed by atoms with van der Waals surface area (Å²) in [5.74, 6) is -1.32. The lowest BCUT2D eigenvalue weighted by Crippen LogP contribution is -2.51. The third kappa shape index (κ3) is 3.45. The third-order valence-electron chi connectivity index (χ3n) is 4.09. The zero-order valence-electron chi connectivity index (χ0n) is 11.0. The van der Waals surface area contributed by atoms with Crippen LogP contribution in [0, 0.1) is 0 Å². The number of carboxylic acids is 1. The largest absolute Gasteiger partial charge is 0.479 e. The van der Waals surface area contributed by atoms with Crippen molar-refractivity contribution in [3.8, 4) is 0 Å². The van der Waals surface area contributed by atoms with Gasteiger partial charge in [0.05, 0.1) is 6.10 Å². The molecule has 1 aliphatic carbocycles. The van der Waals surface area contributed by atoms with E-state index in [1.807, 2.05) is 0 Å². The summed E-state index contributed by atoms with van der Waals surface area (Å²) in [6.45, 7) is 0.613. The molecule has 6 heteroatoms. The average Bonchev–Trinajstić information content (AvgIpc) is 2.90. The van der Waals surface area contributed by atoms with Gasteiger partial charge in [-0.15, -0.1) is 0 Å². The molecule has 2 aliphatic rings. The van der Waals surface area contributed by atoms with Gasteiger partial charge in [-0.3, -0.25) is 4.79 Å². The van der Waals surface area contributed by atoms with Gasteiger partial charge >= 0.3 is 5.97 Å². The highest BCUT2D eigenvalue weighted by molar-refractivity contribution is 5.80. The van der Waals surface area contributed by atoms with E-state index >= 15 is 0 Å². The van der Waals surface area contributed by atoms with Crippen molar-refractivity contribution in [1.82, 2.24) is 4.90 Å². The van der Waals surface area contributed by atoms with Gasteiger partial charge in [-0.25, -0.2) is 4.79 Å². The number of carbonyl (C=O) groups is 2. The van der Waals surface area contributed by atoms with Gasteiger partial charge in [0.25, 0.3) is 0 Å². The Morgan fingerprint density at radius 3 is 2.32 bits per heavy atom. The zero-order chi connectivity index (χ0) is 13.9. The summed E-state index contributed by atoms with van der Waals surface area (Å²) < 4.78 is 5.55. The lowest BCUT2D eigenvalue weighted by molar-refractivity contribution is -0.166. The number of carboxylic acid groups (broad SMARTS) is 1. The van der Waals surface area contributed by atoms with Gasteiger partial charge < -0.3 is 19.8 Å². The predicted molar refractivity (Wildman–Crippen MR) is 66.6 cm³/mol. The summed E-state index contributed by atoms with van der Waals surface area (Å²) in [4.78, 5) is 24.4. The lowest BCUT2D eigenvalue weighted by atomic mass is 9.91. The van der Waals surface area contributed by atoms with E-state index in [1.54, 1.807) is 4.90 Å². The summed E-state index contributed by atoms with van der Waals surface area (Å²) in [6.07, 6.45) is 4.72. The number of nitrogens with zero attached hydrogens (tertiary/aromatic N) is 1. The molecule has 0 aromatic heterocycles. The van der Waals surface area contributed by atoms with Gasteiger partial charge in [0.1, 0.15) is 6.61 Å². The van der Waals surface area contributed by atoms with E-state index < -0.39 is 11.6 Å². The Morgan fingerprint density at radius 1 is 1.21 bits per heavy atom. The van der Waals surface area contributed by atoms with Crippen LogP contribution in [0.25, 0.3) is 0 Å². The van der Waals surface area contributed by atoms with Crippen molar-refractivity contribution in [3.05, 3.63) is 0 Å². The van der Waals surface area contributed by atoms with Crippen molar-refractivity contribution < 1.29 is 24.5 Å². The number of hydrogen-bond donors (Lipinski definition) is 2. The lowest BCUT2D eigenvalue weighted by Gasteiger charge is -2.35. The van der Waals surface area contributed by atoms with Crippen LogP contribution in [0.4, 0.5) is 0 Å². The van der Waals surface area contributed by atoms with Gasteiger partial charge in [-0.1, -0.05) is 12.8 Å². The highest BCUT2D eigenvalue weighted by atomic mass is 16.5. The summed E-state index contributed by atoms with van der Waals surface area (Å²) >= 11 is 0. The Balaban J connectivity index is 1.74. The third-order valence-corrected chi connectivity index (χ3v) is 4.09. The van der Waals surface area contributed by atoms with Crippen LogP contribution in [-0.2, 0) is 14.3 Å². The van der Waals surface area contributed by atoms with Crippen molar-refractivity contribution >= 4 is 11.9 Å². The molecule has 2 fully saturated rings. The number of aliphatic hydroxyl groups is 1. The van der Waals surface area contributed by atoms with Gasteiger partial charge in [0.15, 0.2) is 5.60 Å². The molecular formula is C13H21NO5. The Bertz CT molecular complexity index is 343. The number of hydrogen-bond acceptors (Lipinski definition) is 4. The van der Waals surface area contributed by atoms with E-state index in [1.165, 1.54) is 0 Å². The summed E-state index contributed by atoms with van der Waals surface area (Å²) in [5, 5.41) is 18.7. The van der Waals surface area contributed by atoms with Crippen molar-refractivity contribution in [3.63, 3.8) is 0 Å². The molecule has 0 bridgehead atoms. The van der Waals surface area contributed by atoms with Crippen LogP contribution in [0.15, 0.2) is 0 Å². The molecule has 1 saturated carbocycles. The molecule has 0 aromatic rings. The smallest absolute Gasteiger partial charge is 0.335 e. The fourth-order valence-electron chi connectivity index (χ4n) is 2.68. The first-order chi connectivity index (χ1) is 9.01. The Kier molecular flexibility index (Phi) is 4.42. The molecule has 6 nitrogen and oxygen atoms in total. The number of aliphatic carboxylic acids is 1. The van der Waals surface area contributed by atoms with Crippen LogP contribution in [0.3, 0.4) is 0 Å². The summed E-state index contributed by atoms with van der Waals surface area (Å²) in [7, 11) is 0. The van der Waals surface area contributed by atoms with E-state index in [0.717, 1.165) is 25.7 Å². The monoisotopic (exact) mass is 271 g/mol. The normalized spacial score (nSPS) is 23.5. The van der Waals surface area contributed by atoms with Crippen LogP contribution < -0.4 is 0 Å². The summed E-state index contributed by atoms with van der Waals surface area (Å²) in [5.41, 5.74) is -1.68. The summed E-state index contributed by atoms with van der Waals surface area (Å²) in [6, 6.07) is 0. The zero-order valence-corrected chi connectivity index (χ0v) is 11.0. The van der Waals surface area contributed by atoms with Crippen LogP contribution in [0.1, 0.15) is 38.5 Å². The minimum atomic E-state index is -1.68. The molecule has 1 aliphatic heterocycles. The number of piperidine rings is 1. The molecule has 0 atom stereocenters.